The number of anilines is 1. The Bertz CT molecular complexity index is 681. The second-order valence-electron chi connectivity index (χ2n) is 7.68. The van der Waals surface area contributed by atoms with E-state index in [-0.39, 0.29) is 18.1 Å². The van der Waals surface area contributed by atoms with E-state index >= 15 is 0 Å². The molecule has 1 spiro atoms. The van der Waals surface area contributed by atoms with Gasteiger partial charge in [-0.15, -0.1) is 0 Å². The number of aliphatic hydroxyl groups is 2. The highest BCUT2D eigenvalue weighted by Crippen LogP contribution is 2.48. The van der Waals surface area contributed by atoms with Crippen LogP contribution in [0.25, 0.3) is 0 Å². The summed E-state index contributed by atoms with van der Waals surface area (Å²) in [5, 5.41) is 19.8. The first kappa shape index (κ1) is 20.1. The number of rotatable bonds is 4. The molecular formula is C19H24F3NO4. The monoisotopic (exact) mass is 387 g/mol. The molecule has 1 aromatic rings. The molecule has 5 nitrogen and oxygen atoms in total. The van der Waals surface area contributed by atoms with Gasteiger partial charge in [-0.2, -0.15) is 13.2 Å². The molecule has 150 valence electrons. The number of carbonyl (C=O) groups excluding carboxylic acids is 1. The fourth-order valence-electron chi connectivity index (χ4n) is 4.16. The minimum atomic E-state index is -4.73. The molecule has 1 heterocycles. The van der Waals surface area contributed by atoms with Crippen molar-refractivity contribution in [3.63, 3.8) is 0 Å². The molecule has 1 saturated carbocycles. The Labute approximate surface area is 155 Å². The van der Waals surface area contributed by atoms with Gasteiger partial charge in [0.05, 0.1) is 17.6 Å². The summed E-state index contributed by atoms with van der Waals surface area (Å²) in [5.74, 6) is -0.0499. The Balaban J connectivity index is 1.71. The standard InChI is InChI=1S/C19H24F3NO4/c1-27-12-18(26)8-6-17(7-9-18)10-11-23(16(17)25)14-4-2-13(3-5-14)15(24)19(20,21)22/h2-5,15,24,26H,6-12H2,1H3/t15-,17?,18?/m1/s1. The van der Waals surface area contributed by atoms with E-state index in [1.807, 2.05) is 0 Å². The van der Waals surface area contributed by atoms with Crippen molar-refractivity contribution in [3.05, 3.63) is 29.8 Å². The van der Waals surface area contributed by atoms with Crippen LogP contribution in [0.2, 0.25) is 0 Å². The van der Waals surface area contributed by atoms with Crippen LogP contribution in [0.1, 0.15) is 43.8 Å². The summed E-state index contributed by atoms with van der Waals surface area (Å²) in [6.07, 6.45) is -4.52. The zero-order valence-electron chi connectivity index (χ0n) is 15.1. The number of methoxy groups -OCH3 is 1. The van der Waals surface area contributed by atoms with Crippen LogP contribution in [0, 0.1) is 5.41 Å². The molecule has 1 aromatic carbocycles. The maximum atomic E-state index is 13.0. The molecule has 0 unspecified atom stereocenters. The van der Waals surface area contributed by atoms with Gasteiger partial charge in [-0.1, -0.05) is 12.1 Å². The quantitative estimate of drug-likeness (QED) is 0.834. The van der Waals surface area contributed by atoms with E-state index in [2.05, 4.69) is 0 Å². The SMILES string of the molecule is COCC1(O)CCC2(CCN(c3ccc([C@@H](O)C(F)(F)F)cc3)C2=O)CC1. The first-order chi connectivity index (χ1) is 12.6. The Kier molecular flexibility index (Phi) is 5.26. The lowest BCUT2D eigenvalue weighted by Crippen LogP contribution is -2.45. The van der Waals surface area contributed by atoms with Crippen LogP contribution in [0.15, 0.2) is 24.3 Å². The van der Waals surface area contributed by atoms with E-state index in [1.54, 1.807) is 4.90 Å². The van der Waals surface area contributed by atoms with Crippen LogP contribution >= 0.6 is 0 Å². The van der Waals surface area contributed by atoms with Crippen molar-refractivity contribution in [1.82, 2.24) is 0 Å². The van der Waals surface area contributed by atoms with Crippen LogP contribution in [0.5, 0.6) is 0 Å². The lowest BCUT2D eigenvalue weighted by atomic mass is 9.68. The largest absolute Gasteiger partial charge is 0.418 e. The average molecular weight is 387 g/mol. The number of benzene rings is 1. The van der Waals surface area contributed by atoms with Crippen molar-refractivity contribution in [1.29, 1.82) is 0 Å². The predicted octanol–water partition coefficient (Wildman–Crippen LogP) is 2.96. The smallest absolute Gasteiger partial charge is 0.387 e. The minimum Gasteiger partial charge on any atom is -0.387 e. The number of halogens is 3. The molecule has 3 rings (SSSR count). The van der Waals surface area contributed by atoms with Crippen molar-refractivity contribution in [2.45, 2.75) is 50.0 Å². The van der Waals surface area contributed by atoms with Crippen LogP contribution < -0.4 is 4.90 Å². The number of hydrogen-bond donors (Lipinski definition) is 2. The number of aliphatic hydroxyl groups excluding tert-OH is 1. The molecule has 0 bridgehead atoms. The summed E-state index contributed by atoms with van der Waals surface area (Å²) in [6, 6.07) is 5.27. The second kappa shape index (κ2) is 7.07. The number of ether oxygens (including phenoxy) is 1. The number of amides is 1. The van der Waals surface area contributed by atoms with E-state index in [0.717, 1.165) is 0 Å². The van der Waals surface area contributed by atoms with Crippen molar-refractivity contribution in [3.8, 4) is 0 Å². The third-order valence-corrected chi connectivity index (χ3v) is 5.89. The molecule has 1 saturated heterocycles. The fraction of sp³-hybridized carbons (Fsp3) is 0.632. The number of carbonyl (C=O) groups is 1. The summed E-state index contributed by atoms with van der Waals surface area (Å²) < 4.78 is 42.9. The zero-order chi connectivity index (χ0) is 19.9. The maximum Gasteiger partial charge on any atom is 0.418 e. The van der Waals surface area contributed by atoms with Gasteiger partial charge in [-0.25, -0.2) is 0 Å². The Hall–Kier alpha value is -1.64. The molecule has 2 fully saturated rings. The lowest BCUT2D eigenvalue weighted by Gasteiger charge is -2.40. The molecule has 0 aromatic heterocycles. The highest BCUT2D eigenvalue weighted by atomic mass is 19.4. The van der Waals surface area contributed by atoms with Crippen molar-refractivity contribution in [2.75, 3.05) is 25.2 Å². The number of nitrogens with zero attached hydrogens (tertiary/aromatic N) is 1. The summed E-state index contributed by atoms with van der Waals surface area (Å²) in [4.78, 5) is 14.6. The van der Waals surface area contributed by atoms with Crippen LogP contribution in [0.4, 0.5) is 18.9 Å². The van der Waals surface area contributed by atoms with E-state index in [1.165, 1.54) is 31.4 Å². The molecule has 1 aliphatic heterocycles. The molecule has 2 N–H and O–H groups in total. The topological polar surface area (TPSA) is 70.0 Å². The van der Waals surface area contributed by atoms with Gasteiger partial charge in [0.1, 0.15) is 0 Å². The Morgan fingerprint density at radius 3 is 2.26 bits per heavy atom. The van der Waals surface area contributed by atoms with E-state index in [9.17, 15) is 28.2 Å². The minimum absolute atomic E-state index is 0.0499. The molecule has 0 radical (unpaired) electrons. The van der Waals surface area contributed by atoms with E-state index in [0.29, 0.717) is 44.3 Å². The van der Waals surface area contributed by atoms with Gasteiger partial charge >= 0.3 is 6.18 Å². The molecule has 1 amide bonds. The normalized spacial score (nSPS) is 30.1. The van der Waals surface area contributed by atoms with Gasteiger partial charge in [0.25, 0.3) is 0 Å². The maximum absolute atomic E-state index is 13.0. The summed E-state index contributed by atoms with van der Waals surface area (Å²) in [6.45, 7) is 0.729. The second-order valence-corrected chi connectivity index (χ2v) is 7.68. The summed E-state index contributed by atoms with van der Waals surface area (Å²) >= 11 is 0. The first-order valence-corrected chi connectivity index (χ1v) is 8.98. The van der Waals surface area contributed by atoms with Crippen molar-refractivity contribution >= 4 is 11.6 Å². The molecule has 27 heavy (non-hydrogen) atoms. The highest BCUT2D eigenvalue weighted by molar-refractivity contribution is 6.00. The summed E-state index contributed by atoms with van der Waals surface area (Å²) in [7, 11) is 1.53. The molecular weight excluding hydrogens is 363 g/mol. The Morgan fingerprint density at radius 1 is 1.15 bits per heavy atom. The van der Waals surface area contributed by atoms with Crippen LogP contribution in [0.3, 0.4) is 0 Å². The van der Waals surface area contributed by atoms with Crippen LogP contribution in [-0.4, -0.2) is 48.2 Å². The Morgan fingerprint density at radius 2 is 1.74 bits per heavy atom. The highest BCUT2D eigenvalue weighted by Gasteiger charge is 2.51. The van der Waals surface area contributed by atoms with Gasteiger partial charge in [-0.05, 0) is 49.8 Å². The van der Waals surface area contributed by atoms with E-state index < -0.39 is 23.3 Å². The average Bonchev–Trinajstić information content (AvgIpc) is 2.94. The fourth-order valence-corrected chi connectivity index (χ4v) is 4.16. The van der Waals surface area contributed by atoms with Gasteiger partial charge in [0.15, 0.2) is 6.10 Å². The van der Waals surface area contributed by atoms with Gasteiger partial charge in [0.2, 0.25) is 5.91 Å². The third kappa shape index (κ3) is 3.83. The molecule has 8 heteroatoms. The number of hydrogen-bond acceptors (Lipinski definition) is 4. The lowest BCUT2D eigenvalue weighted by molar-refractivity contribution is -0.206. The van der Waals surface area contributed by atoms with Crippen molar-refractivity contribution < 1.29 is 32.9 Å². The zero-order valence-corrected chi connectivity index (χ0v) is 15.1. The van der Waals surface area contributed by atoms with Gasteiger partial charge in [-0.3, -0.25) is 4.79 Å². The number of alkyl halides is 3. The van der Waals surface area contributed by atoms with E-state index in [4.69, 9.17) is 4.74 Å². The molecule has 1 aliphatic carbocycles. The first-order valence-electron chi connectivity index (χ1n) is 8.98. The van der Waals surface area contributed by atoms with Gasteiger partial charge in [0, 0.05) is 19.3 Å². The molecule has 2 aliphatic rings. The van der Waals surface area contributed by atoms with Gasteiger partial charge < -0.3 is 19.8 Å². The van der Waals surface area contributed by atoms with Crippen molar-refractivity contribution in [2.24, 2.45) is 5.41 Å². The third-order valence-electron chi connectivity index (χ3n) is 5.89. The van der Waals surface area contributed by atoms with Crippen LogP contribution in [-0.2, 0) is 9.53 Å². The molecule has 1 atom stereocenters. The summed E-state index contributed by atoms with van der Waals surface area (Å²) in [5.41, 5.74) is -1.16. The predicted molar refractivity (Wildman–Crippen MR) is 92.2 cm³/mol.